The Morgan fingerprint density at radius 3 is 1.41 bits per heavy atom. The number of hydrogen-bond acceptors (Lipinski definition) is 12. The van der Waals surface area contributed by atoms with Gasteiger partial charge in [-0.05, 0) is 68.9 Å². The first kappa shape index (κ1) is 61.9. The minimum atomic E-state index is -1.20. The van der Waals surface area contributed by atoms with Gasteiger partial charge in [0.25, 0.3) is 0 Å². The van der Waals surface area contributed by atoms with Gasteiger partial charge in [0, 0.05) is 18.9 Å². The Balaban J connectivity index is 3.16. The van der Waals surface area contributed by atoms with E-state index in [4.69, 9.17) is 17.2 Å². The van der Waals surface area contributed by atoms with Crippen molar-refractivity contribution < 1.29 is 47.9 Å². The van der Waals surface area contributed by atoms with Crippen molar-refractivity contribution in [1.82, 2.24) is 47.9 Å². The van der Waals surface area contributed by atoms with Crippen molar-refractivity contribution in [2.24, 2.45) is 40.9 Å². The number of unbranched alkanes of at least 4 members (excludes halogenated alkanes) is 1. The normalized spacial score (nSPS) is 15.5. The number of hydrogen-bond donors (Lipinski definition) is 12. The lowest BCUT2D eigenvalue weighted by atomic mass is 9.95. The largest absolute Gasteiger partial charge is 0.370 e. The van der Waals surface area contributed by atoms with Crippen molar-refractivity contribution in [2.75, 3.05) is 6.54 Å². The topological polar surface area (TPSA) is 357 Å². The van der Waals surface area contributed by atoms with Crippen molar-refractivity contribution in [3.8, 4) is 0 Å². The van der Waals surface area contributed by atoms with Crippen LogP contribution in [-0.4, -0.2) is 114 Å². The van der Waals surface area contributed by atoms with E-state index >= 15 is 0 Å². The SMILES string of the molecule is CCC(C)C(NC(=O)C(CCCCN)NC(=O)[CH]NC(=O)C(NC(=O)C(NC(=O)C(NC(=O)C(Cc1ccccc1)NC(=O)C(C)N)C(C)C)C(C)C)C(C)CC)C(=O)N[CH]C(=O)NC(C)CC(N)=O. The summed E-state index contributed by atoms with van der Waals surface area (Å²) < 4.78 is 0. The first-order valence-corrected chi connectivity index (χ1v) is 24.0. The van der Waals surface area contributed by atoms with Crippen LogP contribution in [-0.2, 0) is 54.4 Å². The van der Waals surface area contributed by atoms with Gasteiger partial charge in [0.05, 0.1) is 6.04 Å². The average Bonchev–Trinajstić information content (AvgIpc) is 3.30. The van der Waals surface area contributed by atoms with Crippen molar-refractivity contribution in [2.45, 2.75) is 163 Å². The standard InChI is InChI=1S/C48H80N12O10/c1-11-28(7)40(45(67)52-24-36(62)54-30(9)22-35(51)61)59-43(65)33(20-16-17-21-49)55-37(63)25-53-46(68)41(29(8)12-2)60-48(70)39(27(5)6)58-47(69)38(26(3)4)57-44(66)34(56-42(64)31(10)50)23-32-18-14-13-15-19-32/h13-15,18-19,24-31,33-34,38-41H,11-12,16-17,20-23,49-50H2,1-10H3,(H2,51,61)(H,52,67)(H,53,68)(H,54,62)(H,55,63)(H,56,64)(H,57,66)(H,58,69)(H,59,65)(H,60,70). The van der Waals surface area contributed by atoms with Crippen molar-refractivity contribution in [1.29, 1.82) is 0 Å². The molecule has 10 atom stereocenters. The predicted molar refractivity (Wildman–Crippen MR) is 263 cm³/mol. The second kappa shape index (κ2) is 31.9. The highest BCUT2D eigenvalue weighted by Crippen LogP contribution is 2.14. The zero-order valence-corrected chi connectivity index (χ0v) is 42.4. The Kier molecular flexibility index (Phi) is 28.2. The molecular formula is C48H80N12O10. The highest BCUT2D eigenvalue weighted by atomic mass is 16.2. The smallest absolute Gasteiger partial charge is 0.245 e. The molecule has 1 aromatic rings. The third kappa shape index (κ3) is 22.5. The molecule has 22 nitrogen and oxygen atoms in total. The molecule has 1 rings (SSSR count). The van der Waals surface area contributed by atoms with Crippen LogP contribution in [0, 0.1) is 36.8 Å². The second-order valence-corrected chi connectivity index (χ2v) is 18.5. The Morgan fingerprint density at radius 2 is 0.971 bits per heavy atom. The molecule has 0 saturated carbocycles. The fraction of sp³-hybridized carbons (Fsp3) is 0.625. The Hall–Kier alpha value is -6.16. The summed E-state index contributed by atoms with van der Waals surface area (Å²) in [6.07, 6.45) is 1.91. The molecule has 22 heteroatoms. The first-order chi connectivity index (χ1) is 32.9. The number of benzene rings is 1. The maximum Gasteiger partial charge on any atom is 0.245 e. The van der Waals surface area contributed by atoms with E-state index in [-0.39, 0.29) is 19.3 Å². The second-order valence-electron chi connectivity index (χ2n) is 18.5. The highest BCUT2D eigenvalue weighted by molar-refractivity contribution is 5.99. The molecule has 0 fully saturated rings. The maximum absolute atomic E-state index is 13.9. The maximum atomic E-state index is 13.9. The fourth-order valence-corrected chi connectivity index (χ4v) is 6.90. The van der Waals surface area contributed by atoms with E-state index in [9.17, 15) is 47.9 Å². The van der Waals surface area contributed by atoms with E-state index in [1.54, 1.807) is 86.6 Å². The van der Waals surface area contributed by atoms with E-state index < -0.39 is 131 Å². The van der Waals surface area contributed by atoms with E-state index in [0.29, 0.717) is 32.2 Å². The van der Waals surface area contributed by atoms with Crippen LogP contribution in [0.2, 0.25) is 0 Å². The van der Waals surface area contributed by atoms with Crippen LogP contribution < -0.4 is 65.1 Å². The Labute approximate surface area is 412 Å². The van der Waals surface area contributed by atoms with E-state index in [1.165, 1.54) is 6.92 Å². The summed E-state index contributed by atoms with van der Waals surface area (Å²) in [6.45, 7) is 18.9. The van der Waals surface area contributed by atoms with Crippen LogP contribution >= 0.6 is 0 Å². The summed E-state index contributed by atoms with van der Waals surface area (Å²) in [5.41, 5.74) is 17.4. The van der Waals surface area contributed by atoms with Crippen molar-refractivity contribution >= 4 is 59.1 Å². The van der Waals surface area contributed by atoms with Crippen LogP contribution in [0.5, 0.6) is 0 Å². The molecule has 10 unspecified atom stereocenters. The van der Waals surface area contributed by atoms with E-state index in [0.717, 1.165) is 18.7 Å². The monoisotopic (exact) mass is 985 g/mol. The first-order valence-electron chi connectivity index (χ1n) is 24.0. The summed E-state index contributed by atoms with van der Waals surface area (Å²) >= 11 is 0. The molecule has 0 aliphatic rings. The van der Waals surface area contributed by atoms with Gasteiger partial charge in [-0.15, -0.1) is 0 Å². The van der Waals surface area contributed by atoms with Gasteiger partial charge in [0.15, 0.2) is 0 Å². The number of rotatable bonds is 32. The Morgan fingerprint density at radius 1 is 0.529 bits per heavy atom. The van der Waals surface area contributed by atoms with Crippen LogP contribution in [0.1, 0.15) is 113 Å². The van der Waals surface area contributed by atoms with Crippen molar-refractivity contribution in [3.63, 3.8) is 0 Å². The average molecular weight is 985 g/mol. The zero-order chi connectivity index (χ0) is 53.2. The van der Waals surface area contributed by atoms with Crippen LogP contribution in [0.25, 0.3) is 0 Å². The van der Waals surface area contributed by atoms with Gasteiger partial charge in [-0.25, -0.2) is 0 Å². The van der Waals surface area contributed by atoms with Gasteiger partial charge in [0.2, 0.25) is 59.1 Å². The molecule has 392 valence electrons. The number of nitrogens with one attached hydrogen (secondary N) is 9. The molecule has 0 heterocycles. The molecule has 0 aromatic heterocycles. The molecule has 0 aliphatic heterocycles. The quantitative estimate of drug-likeness (QED) is 0.0385. The minimum Gasteiger partial charge on any atom is -0.370 e. The summed E-state index contributed by atoms with van der Waals surface area (Å²) in [4.78, 5) is 132. The number of carbonyl (C=O) groups excluding carboxylic acids is 10. The highest BCUT2D eigenvalue weighted by Gasteiger charge is 2.36. The van der Waals surface area contributed by atoms with E-state index in [2.05, 4.69) is 47.9 Å². The van der Waals surface area contributed by atoms with E-state index in [1.807, 2.05) is 6.07 Å². The molecule has 0 saturated heterocycles. The number of amides is 10. The summed E-state index contributed by atoms with van der Waals surface area (Å²) in [5, 5.41) is 23.4. The van der Waals surface area contributed by atoms with Crippen LogP contribution in [0.15, 0.2) is 30.3 Å². The lowest BCUT2D eigenvalue weighted by molar-refractivity contribution is -0.136. The zero-order valence-electron chi connectivity index (χ0n) is 42.4. The molecule has 10 amide bonds. The lowest BCUT2D eigenvalue weighted by Crippen LogP contribution is -2.61. The van der Waals surface area contributed by atoms with Crippen molar-refractivity contribution in [3.05, 3.63) is 49.0 Å². The fourth-order valence-electron chi connectivity index (χ4n) is 6.90. The Bertz CT molecular complexity index is 1900. The van der Waals surface area contributed by atoms with Gasteiger partial charge >= 0.3 is 0 Å². The molecule has 0 aliphatic carbocycles. The number of carbonyl (C=O) groups is 10. The van der Waals surface area contributed by atoms with Gasteiger partial charge < -0.3 is 65.1 Å². The minimum absolute atomic E-state index is 0.113. The number of nitrogens with two attached hydrogens (primary N) is 3. The van der Waals surface area contributed by atoms with Gasteiger partial charge in [-0.2, -0.15) is 0 Å². The molecule has 70 heavy (non-hydrogen) atoms. The summed E-state index contributed by atoms with van der Waals surface area (Å²) in [6, 6.07) is 0.557. The lowest BCUT2D eigenvalue weighted by Gasteiger charge is -2.30. The molecular weight excluding hydrogens is 905 g/mol. The predicted octanol–water partition coefficient (Wildman–Crippen LogP) is -1.05. The molecule has 2 radical (unpaired) electrons. The van der Waals surface area contributed by atoms with Gasteiger partial charge in [-0.3, -0.25) is 47.9 Å². The van der Waals surface area contributed by atoms with Gasteiger partial charge in [0.1, 0.15) is 49.3 Å². The summed E-state index contributed by atoms with van der Waals surface area (Å²) in [7, 11) is 0. The molecule has 0 spiro atoms. The third-order valence-corrected chi connectivity index (χ3v) is 11.6. The number of primary amides is 1. The van der Waals surface area contributed by atoms with Gasteiger partial charge in [-0.1, -0.05) is 98.6 Å². The molecule has 15 N–H and O–H groups in total. The van der Waals surface area contributed by atoms with Crippen LogP contribution in [0.3, 0.4) is 0 Å². The molecule has 1 aromatic carbocycles. The molecule has 0 bridgehead atoms. The summed E-state index contributed by atoms with van der Waals surface area (Å²) in [5.74, 6) is -8.82. The van der Waals surface area contributed by atoms with Crippen LogP contribution in [0.4, 0.5) is 0 Å². The third-order valence-electron chi connectivity index (χ3n) is 11.6.